The number of amides is 1. The summed E-state index contributed by atoms with van der Waals surface area (Å²) in [4.78, 5) is 14.6. The maximum atomic E-state index is 13.4. The minimum absolute atomic E-state index is 0.121. The lowest BCUT2D eigenvalue weighted by Crippen LogP contribution is -2.44. The van der Waals surface area contributed by atoms with E-state index in [1.807, 2.05) is 18.2 Å². The molecule has 0 aromatic heterocycles. The second kappa shape index (κ2) is 8.06. The number of halogens is 1. The van der Waals surface area contributed by atoms with E-state index < -0.39 is 0 Å². The summed E-state index contributed by atoms with van der Waals surface area (Å²) < 4.78 is 24.6. The summed E-state index contributed by atoms with van der Waals surface area (Å²) in [5.41, 5.74) is 3.13. The predicted octanol–water partition coefficient (Wildman–Crippen LogP) is 2.90. The van der Waals surface area contributed by atoms with Crippen LogP contribution in [0.25, 0.3) is 0 Å². The van der Waals surface area contributed by atoms with Crippen molar-refractivity contribution in [1.29, 1.82) is 0 Å². The molecule has 5 nitrogen and oxygen atoms in total. The van der Waals surface area contributed by atoms with E-state index in [2.05, 4.69) is 11.4 Å². The summed E-state index contributed by atoms with van der Waals surface area (Å²) in [5.74, 6) is -0.293. The largest absolute Gasteiger partial charge is 0.447 e. The van der Waals surface area contributed by atoms with E-state index in [1.165, 1.54) is 17.7 Å². The third kappa shape index (κ3) is 3.96. The topological polar surface area (TPSA) is 50.8 Å². The molecule has 142 valence electrons. The highest BCUT2D eigenvalue weighted by atomic mass is 19.1. The van der Waals surface area contributed by atoms with E-state index in [1.54, 1.807) is 17.0 Å². The number of ether oxygens (including phenoxy) is 2. The predicted molar refractivity (Wildman–Crippen MR) is 99.1 cm³/mol. The number of hydrogen-bond acceptors (Lipinski definition) is 4. The molecule has 0 spiro atoms. The Balaban J connectivity index is 1.56. The van der Waals surface area contributed by atoms with Crippen molar-refractivity contribution in [1.82, 2.24) is 10.2 Å². The van der Waals surface area contributed by atoms with Gasteiger partial charge in [-0.3, -0.25) is 4.90 Å². The molecule has 6 heteroatoms. The quantitative estimate of drug-likeness (QED) is 0.903. The molecule has 0 bridgehead atoms. The van der Waals surface area contributed by atoms with Crippen LogP contribution in [0.3, 0.4) is 0 Å². The van der Waals surface area contributed by atoms with Gasteiger partial charge >= 0.3 is 6.09 Å². The Labute approximate surface area is 158 Å². The van der Waals surface area contributed by atoms with E-state index in [-0.39, 0.29) is 30.7 Å². The summed E-state index contributed by atoms with van der Waals surface area (Å²) in [6, 6.07) is 14.1. The molecule has 2 aliphatic rings. The molecule has 1 amide bonds. The lowest BCUT2D eigenvalue weighted by Gasteiger charge is -2.37. The van der Waals surface area contributed by atoms with Crippen molar-refractivity contribution in [2.45, 2.75) is 18.6 Å². The van der Waals surface area contributed by atoms with Gasteiger partial charge in [0.2, 0.25) is 0 Å². The van der Waals surface area contributed by atoms with Gasteiger partial charge in [0.15, 0.2) is 0 Å². The van der Waals surface area contributed by atoms with Gasteiger partial charge < -0.3 is 14.8 Å². The minimum atomic E-state index is -0.368. The molecule has 2 heterocycles. The van der Waals surface area contributed by atoms with Crippen LogP contribution in [-0.4, -0.2) is 49.9 Å². The van der Waals surface area contributed by atoms with Crippen LogP contribution in [0.2, 0.25) is 0 Å². The molecule has 2 aromatic rings. The van der Waals surface area contributed by atoms with Crippen LogP contribution in [0.1, 0.15) is 22.7 Å². The number of carbonyl (C=O) groups is 1. The fraction of sp³-hybridized carbons (Fsp3) is 0.381. The standard InChI is InChI=1S/C21H23FN2O3/c22-17-7-5-16(6-8-17)20-19-4-2-1-3-15(19)9-11-24(20)21(25)27-14-18-13-23-10-12-26-18/h1-8,18,20,23H,9-14H2. The lowest BCUT2D eigenvalue weighted by molar-refractivity contribution is -0.0203. The second-order valence-electron chi connectivity index (χ2n) is 6.87. The van der Waals surface area contributed by atoms with Gasteiger partial charge in [-0.2, -0.15) is 0 Å². The van der Waals surface area contributed by atoms with E-state index in [0.29, 0.717) is 19.7 Å². The zero-order chi connectivity index (χ0) is 18.6. The van der Waals surface area contributed by atoms with Crippen molar-refractivity contribution in [2.24, 2.45) is 0 Å². The Hall–Kier alpha value is -2.44. The van der Waals surface area contributed by atoms with E-state index in [4.69, 9.17) is 9.47 Å². The van der Waals surface area contributed by atoms with Crippen molar-refractivity contribution >= 4 is 6.09 Å². The highest BCUT2D eigenvalue weighted by Gasteiger charge is 2.33. The maximum absolute atomic E-state index is 13.4. The zero-order valence-corrected chi connectivity index (χ0v) is 15.1. The van der Waals surface area contributed by atoms with Gasteiger partial charge in [-0.25, -0.2) is 9.18 Å². The minimum Gasteiger partial charge on any atom is -0.447 e. The van der Waals surface area contributed by atoms with Crippen LogP contribution < -0.4 is 5.32 Å². The average Bonchev–Trinajstić information content (AvgIpc) is 2.72. The molecule has 27 heavy (non-hydrogen) atoms. The van der Waals surface area contributed by atoms with Crippen LogP contribution in [0, 0.1) is 5.82 Å². The van der Waals surface area contributed by atoms with Crippen molar-refractivity contribution in [3.8, 4) is 0 Å². The Morgan fingerprint density at radius 2 is 2.04 bits per heavy atom. The number of nitrogens with one attached hydrogen (secondary N) is 1. The van der Waals surface area contributed by atoms with E-state index in [0.717, 1.165) is 24.1 Å². The first-order valence-corrected chi connectivity index (χ1v) is 9.31. The first-order chi connectivity index (χ1) is 13.2. The normalized spacial score (nSPS) is 22.2. The van der Waals surface area contributed by atoms with E-state index >= 15 is 0 Å². The van der Waals surface area contributed by atoms with Crippen LogP contribution >= 0.6 is 0 Å². The molecule has 2 atom stereocenters. The highest BCUT2D eigenvalue weighted by Crippen LogP contribution is 2.35. The number of carbonyl (C=O) groups excluding carboxylic acids is 1. The van der Waals surface area contributed by atoms with Crippen LogP contribution in [0.15, 0.2) is 48.5 Å². The molecule has 1 N–H and O–H groups in total. The second-order valence-corrected chi connectivity index (χ2v) is 6.87. The third-order valence-corrected chi connectivity index (χ3v) is 5.10. The fourth-order valence-corrected chi connectivity index (χ4v) is 3.74. The van der Waals surface area contributed by atoms with Crippen molar-refractivity contribution in [3.05, 3.63) is 71.0 Å². The number of rotatable bonds is 3. The molecule has 2 unspecified atom stereocenters. The molecular weight excluding hydrogens is 347 g/mol. The number of morpholine rings is 1. The van der Waals surface area contributed by atoms with Crippen molar-refractivity contribution < 1.29 is 18.7 Å². The number of fused-ring (bicyclic) bond motifs is 1. The van der Waals surface area contributed by atoms with E-state index in [9.17, 15) is 9.18 Å². The van der Waals surface area contributed by atoms with Crippen LogP contribution in [0.5, 0.6) is 0 Å². The molecule has 0 saturated carbocycles. The molecule has 2 aliphatic heterocycles. The van der Waals surface area contributed by atoms with Gasteiger partial charge in [0, 0.05) is 19.6 Å². The van der Waals surface area contributed by atoms with Gasteiger partial charge in [-0.05, 0) is 35.2 Å². The average molecular weight is 370 g/mol. The summed E-state index contributed by atoms with van der Waals surface area (Å²) in [6.45, 7) is 2.90. The first-order valence-electron chi connectivity index (χ1n) is 9.31. The summed E-state index contributed by atoms with van der Waals surface area (Å²) >= 11 is 0. The Morgan fingerprint density at radius 1 is 1.22 bits per heavy atom. The number of benzene rings is 2. The van der Waals surface area contributed by atoms with Gasteiger partial charge in [0.05, 0.1) is 12.6 Å². The van der Waals surface area contributed by atoms with Gasteiger partial charge in [0.25, 0.3) is 0 Å². The molecule has 2 aromatic carbocycles. The zero-order valence-electron chi connectivity index (χ0n) is 15.1. The SMILES string of the molecule is O=C(OCC1CNCCO1)N1CCc2ccccc2C1c1ccc(F)cc1. The Kier molecular flexibility index (Phi) is 5.36. The third-order valence-electron chi connectivity index (χ3n) is 5.10. The molecule has 0 radical (unpaired) electrons. The molecule has 0 aliphatic carbocycles. The Bertz CT molecular complexity index is 790. The van der Waals surface area contributed by atoms with Crippen molar-refractivity contribution in [3.63, 3.8) is 0 Å². The van der Waals surface area contributed by atoms with Crippen molar-refractivity contribution in [2.75, 3.05) is 32.8 Å². The molecule has 1 fully saturated rings. The van der Waals surface area contributed by atoms with Gasteiger partial charge in [0.1, 0.15) is 18.5 Å². The summed E-state index contributed by atoms with van der Waals surface area (Å²) in [7, 11) is 0. The van der Waals surface area contributed by atoms with Crippen LogP contribution in [0.4, 0.5) is 9.18 Å². The molecule has 4 rings (SSSR count). The lowest BCUT2D eigenvalue weighted by atomic mass is 9.88. The maximum Gasteiger partial charge on any atom is 0.410 e. The molecular formula is C21H23FN2O3. The van der Waals surface area contributed by atoms with Gasteiger partial charge in [-0.15, -0.1) is 0 Å². The van der Waals surface area contributed by atoms with Gasteiger partial charge in [-0.1, -0.05) is 36.4 Å². The number of hydrogen-bond donors (Lipinski definition) is 1. The smallest absolute Gasteiger partial charge is 0.410 e. The highest BCUT2D eigenvalue weighted by molar-refractivity contribution is 5.70. The monoisotopic (exact) mass is 370 g/mol. The number of nitrogens with zero attached hydrogens (tertiary/aromatic N) is 1. The molecule has 1 saturated heterocycles. The summed E-state index contributed by atoms with van der Waals surface area (Å²) in [6.07, 6.45) is 0.279. The van der Waals surface area contributed by atoms with Crippen LogP contribution in [-0.2, 0) is 15.9 Å². The summed E-state index contributed by atoms with van der Waals surface area (Å²) in [5, 5.41) is 3.23. The Morgan fingerprint density at radius 3 is 2.81 bits per heavy atom. The first kappa shape index (κ1) is 17.9. The fourth-order valence-electron chi connectivity index (χ4n) is 3.74.